The van der Waals surface area contributed by atoms with Crippen LogP contribution < -0.4 is 0 Å². The number of thiophene rings is 1. The number of benzene rings is 1. The molecule has 0 spiro atoms. The number of methoxy groups -OCH3 is 1. The fraction of sp³-hybridized carbons (Fsp3) is 0.111. The summed E-state index contributed by atoms with van der Waals surface area (Å²) < 4.78 is 7.00. The fourth-order valence-electron chi connectivity index (χ4n) is 2.87. The zero-order valence-electron chi connectivity index (χ0n) is 12.5. The molecule has 0 saturated heterocycles. The second-order valence-electron chi connectivity index (χ2n) is 5.27. The Bertz CT molecular complexity index is 1000. The molecular formula is C18H14N2O2S. The van der Waals surface area contributed by atoms with Crippen molar-refractivity contribution in [2.45, 2.75) is 6.54 Å². The van der Waals surface area contributed by atoms with Gasteiger partial charge in [0, 0.05) is 21.8 Å². The lowest BCUT2D eigenvalue weighted by atomic mass is 10.1. The maximum atomic E-state index is 11.8. The molecule has 0 unspecified atom stereocenters. The highest BCUT2D eigenvalue weighted by atomic mass is 32.1. The molecule has 4 aromatic rings. The molecule has 4 rings (SSSR count). The van der Waals surface area contributed by atoms with Crippen LogP contribution in [0.25, 0.3) is 21.9 Å². The summed E-state index contributed by atoms with van der Waals surface area (Å²) in [5.74, 6) is -0.366. The summed E-state index contributed by atoms with van der Waals surface area (Å²) in [5, 5.41) is 4.14. The molecule has 4 nitrogen and oxygen atoms in total. The van der Waals surface area contributed by atoms with Crippen molar-refractivity contribution in [3.63, 3.8) is 0 Å². The third-order valence-corrected chi connectivity index (χ3v) is 4.78. The van der Waals surface area contributed by atoms with Crippen molar-refractivity contribution in [3.8, 4) is 0 Å². The van der Waals surface area contributed by atoms with E-state index in [1.54, 1.807) is 17.5 Å². The van der Waals surface area contributed by atoms with Crippen molar-refractivity contribution in [1.29, 1.82) is 0 Å². The van der Waals surface area contributed by atoms with Crippen LogP contribution in [0, 0.1) is 0 Å². The number of fused-ring (bicyclic) bond motifs is 3. The zero-order chi connectivity index (χ0) is 15.8. The van der Waals surface area contributed by atoms with Gasteiger partial charge in [-0.1, -0.05) is 24.3 Å². The Labute approximate surface area is 137 Å². The molecule has 0 atom stereocenters. The molecule has 23 heavy (non-hydrogen) atoms. The van der Waals surface area contributed by atoms with E-state index in [4.69, 9.17) is 4.74 Å². The number of esters is 1. The molecule has 0 aliphatic heterocycles. The van der Waals surface area contributed by atoms with Crippen LogP contribution in [0.2, 0.25) is 0 Å². The highest BCUT2D eigenvalue weighted by Crippen LogP contribution is 2.29. The number of pyridine rings is 1. The molecule has 0 radical (unpaired) electrons. The Hall–Kier alpha value is -2.66. The third kappa shape index (κ3) is 2.29. The molecule has 0 bridgehead atoms. The van der Waals surface area contributed by atoms with Gasteiger partial charge in [0.2, 0.25) is 0 Å². The number of rotatable bonds is 3. The van der Waals surface area contributed by atoms with E-state index in [9.17, 15) is 4.79 Å². The molecular weight excluding hydrogens is 308 g/mol. The molecule has 0 fully saturated rings. The number of nitrogens with zero attached hydrogens (tertiary/aromatic N) is 2. The molecule has 3 heterocycles. The number of ether oxygens (including phenoxy) is 1. The molecule has 5 heteroatoms. The minimum absolute atomic E-state index is 0.366. The fourth-order valence-corrected chi connectivity index (χ4v) is 3.56. The minimum atomic E-state index is -0.366. The van der Waals surface area contributed by atoms with Crippen LogP contribution in [0.5, 0.6) is 0 Å². The van der Waals surface area contributed by atoms with E-state index in [0.717, 1.165) is 28.5 Å². The molecule has 0 aliphatic rings. The van der Waals surface area contributed by atoms with Gasteiger partial charge in [-0.2, -0.15) is 0 Å². The first kappa shape index (κ1) is 14.0. The van der Waals surface area contributed by atoms with Crippen LogP contribution >= 0.6 is 11.3 Å². The van der Waals surface area contributed by atoms with Gasteiger partial charge in [0.15, 0.2) is 0 Å². The van der Waals surface area contributed by atoms with Crippen LogP contribution in [0.4, 0.5) is 0 Å². The molecule has 1 aromatic carbocycles. The highest BCUT2D eigenvalue weighted by molar-refractivity contribution is 7.09. The van der Waals surface area contributed by atoms with Gasteiger partial charge in [-0.25, -0.2) is 9.78 Å². The standard InChI is InChI=1S/C18H14N2O2S/c1-22-18(21)12-9-15-14-6-2-3-7-16(14)20(17(15)19-10-12)11-13-5-4-8-23-13/h2-10H,11H2,1H3. The van der Waals surface area contributed by atoms with E-state index in [1.807, 2.05) is 18.2 Å². The molecule has 114 valence electrons. The Morgan fingerprint density at radius 3 is 2.87 bits per heavy atom. The van der Waals surface area contributed by atoms with Gasteiger partial charge in [-0.15, -0.1) is 11.3 Å². The quantitative estimate of drug-likeness (QED) is 0.534. The first-order valence-electron chi connectivity index (χ1n) is 7.25. The van der Waals surface area contributed by atoms with Gasteiger partial charge in [-0.05, 0) is 23.6 Å². The number of hydrogen-bond acceptors (Lipinski definition) is 4. The predicted molar refractivity (Wildman–Crippen MR) is 92.0 cm³/mol. The van der Waals surface area contributed by atoms with Gasteiger partial charge in [0.1, 0.15) is 5.65 Å². The smallest absolute Gasteiger partial charge is 0.339 e. The molecule has 0 N–H and O–H groups in total. The second-order valence-corrected chi connectivity index (χ2v) is 6.30. The van der Waals surface area contributed by atoms with Crippen molar-refractivity contribution >= 4 is 39.2 Å². The average molecular weight is 322 g/mol. The summed E-state index contributed by atoms with van der Waals surface area (Å²) in [5.41, 5.74) is 2.47. The zero-order valence-corrected chi connectivity index (χ0v) is 13.3. The summed E-state index contributed by atoms with van der Waals surface area (Å²) in [6.07, 6.45) is 1.58. The van der Waals surface area contributed by atoms with Crippen molar-refractivity contribution in [2.24, 2.45) is 0 Å². The molecule has 3 aromatic heterocycles. The second kappa shape index (κ2) is 5.52. The SMILES string of the molecule is COC(=O)c1cnc2c(c1)c1ccccc1n2Cc1cccs1. The summed E-state index contributed by atoms with van der Waals surface area (Å²) in [7, 11) is 1.38. The average Bonchev–Trinajstić information content (AvgIpc) is 3.21. The van der Waals surface area contributed by atoms with Gasteiger partial charge in [0.05, 0.1) is 24.7 Å². The Balaban J connectivity index is 1.98. The Morgan fingerprint density at radius 1 is 1.22 bits per heavy atom. The minimum Gasteiger partial charge on any atom is -0.465 e. The number of hydrogen-bond donors (Lipinski definition) is 0. The summed E-state index contributed by atoms with van der Waals surface area (Å²) in [6, 6.07) is 14.2. The van der Waals surface area contributed by atoms with Gasteiger partial charge in [-0.3, -0.25) is 0 Å². The molecule has 0 saturated carbocycles. The Morgan fingerprint density at radius 2 is 2.09 bits per heavy atom. The largest absolute Gasteiger partial charge is 0.465 e. The van der Waals surface area contributed by atoms with Gasteiger partial charge >= 0.3 is 5.97 Å². The first-order valence-corrected chi connectivity index (χ1v) is 8.13. The van der Waals surface area contributed by atoms with E-state index >= 15 is 0 Å². The summed E-state index contributed by atoms with van der Waals surface area (Å²) in [6.45, 7) is 0.770. The van der Waals surface area contributed by atoms with Gasteiger partial charge < -0.3 is 9.30 Å². The van der Waals surface area contributed by atoms with Crippen molar-refractivity contribution in [1.82, 2.24) is 9.55 Å². The first-order chi connectivity index (χ1) is 11.3. The van der Waals surface area contributed by atoms with Crippen molar-refractivity contribution < 1.29 is 9.53 Å². The topological polar surface area (TPSA) is 44.1 Å². The number of carbonyl (C=O) groups excluding carboxylic acids is 1. The third-order valence-electron chi connectivity index (χ3n) is 3.92. The van der Waals surface area contributed by atoms with Crippen LogP contribution in [0.1, 0.15) is 15.2 Å². The lowest BCUT2D eigenvalue weighted by Crippen LogP contribution is -2.03. The highest BCUT2D eigenvalue weighted by Gasteiger charge is 2.15. The maximum absolute atomic E-state index is 11.8. The molecule has 0 aliphatic carbocycles. The van der Waals surface area contributed by atoms with Crippen LogP contribution in [-0.2, 0) is 11.3 Å². The number of aromatic nitrogens is 2. The lowest BCUT2D eigenvalue weighted by molar-refractivity contribution is 0.0600. The monoisotopic (exact) mass is 322 g/mol. The number of para-hydroxylation sites is 1. The van der Waals surface area contributed by atoms with Gasteiger partial charge in [0.25, 0.3) is 0 Å². The number of carbonyl (C=O) groups is 1. The van der Waals surface area contributed by atoms with Crippen LogP contribution in [-0.4, -0.2) is 22.6 Å². The van der Waals surface area contributed by atoms with E-state index in [0.29, 0.717) is 5.56 Å². The van der Waals surface area contributed by atoms with E-state index in [2.05, 4.69) is 39.2 Å². The van der Waals surface area contributed by atoms with E-state index in [1.165, 1.54) is 12.0 Å². The summed E-state index contributed by atoms with van der Waals surface area (Å²) in [4.78, 5) is 17.6. The lowest BCUT2D eigenvalue weighted by Gasteiger charge is -2.05. The van der Waals surface area contributed by atoms with Crippen LogP contribution in [0.3, 0.4) is 0 Å². The summed E-state index contributed by atoms with van der Waals surface area (Å²) >= 11 is 1.73. The Kier molecular flexibility index (Phi) is 3.35. The predicted octanol–water partition coefficient (Wildman–Crippen LogP) is 4.09. The van der Waals surface area contributed by atoms with E-state index in [-0.39, 0.29) is 5.97 Å². The molecule has 0 amide bonds. The maximum Gasteiger partial charge on any atom is 0.339 e. The van der Waals surface area contributed by atoms with E-state index < -0.39 is 0 Å². The van der Waals surface area contributed by atoms with Crippen LogP contribution in [0.15, 0.2) is 54.0 Å². The van der Waals surface area contributed by atoms with Crippen molar-refractivity contribution in [3.05, 3.63) is 64.5 Å². The normalized spacial score (nSPS) is 11.2. The van der Waals surface area contributed by atoms with Crippen molar-refractivity contribution in [2.75, 3.05) is 7.11 Å².